The summed E-state index contributed by atoms with van der Waals surface area (Å²) in [7, 11) is 0. The molecule has 0 saturated carbocycles. The number of hydrogen-bond donors (Lipinski definition) is 2. The number of amides is 1. The van der Waals surface area contributed by atoms with Crippen LogP contribution in [0.15, 0.2) is 66.7 Å². The average Bonchev–Trinajstić information content (AvgIpc) is 3.76. The minimum atomic E-state index is -0.757. The van der Waals surface area contributed by atoms with Crippen molar-refractivity contribution < 1.29 is 9.59 Å². The number of benzene rings is 3. The second-order valence-electron chi connectivity index (χ2n) is 11.6. The standard InChI is InChI=1S/C34H39N3O2.4C2H6/c1-5-7-13-30(38)24-16-14-23(15-17-24)27-20-29-32(35-27)31(25-11-9-8-10-12-25)34(37(29)6-2)26-18-21(3)22(4)19-28(26)36-33(34)39;4*1-2/h8-12,14-19,27,29,31-32,35H,5-7,13,20H2,1-4H3,(H,36,39);4*1-2H3/t27-,29+,31+,32-,34-;;;;/m1..../s1. The molecule has 2 N–H and O–H groups in total. The van der Waals surface area contributed by atoms with Crippen LogP contribution in [0.1, 0.15) is 145 Å². The second kappa shape index (κ2) is 18.9. The molecule has 1 amide bonds. The summed E-state index contributed by atoms with van der Waals surface area (Å²) in [6.45, 7) is 25.3. The molecule has 0 aromatic heterocycles. The minimum absolute atomic E-state index is 0.0353. The fraction of sp³-hybridized carbons (Fsp3) is 0.524. The fourth-order valence-corrected chi connectivity index (χ4v) is 7.52. The van der Waals surface area contributed by atoms with Gasteiger partial charge in [-0.25, -0.2) is 0 Å². The highest BCUT2D eigenvalue weighted by molar-refractivity contribution is 6.07. The van der Waals surface area contributed by atoms with E-state index < -0.39 is 5.54 Å². The maximum Gasteiger partial charge on any atom is 0.250 e. The van der Waals surface area contributed by atoms with E-state index in [2.05, 4.69) is 91.8 Å². The molecular formula is C42H63N3O2. The molecule has 47 heavy (non-hydrogen) atoms. The summed E-state index contributed by atoms with van der Waals surface area (Å²) < 4.78 is 0. The number of anilines is 1. The lowest BCUT2D eigenvalue weighted by atomic mass is 9.73. The van der Waals surface area contributed by atoms with Crippen LogP contribution < -0.4 is 10.6 Å². The molecule has 0 radical (unpaired) electrons. The maximum absolute atomic E-state index is 14.2. The molecule has 0 aliphatic carbocycles. The molecule has 2 fully saturated rings. The summed E-state index contributed by atoms with van der Waals surface area (Å²) in [5.74, 6) is 0.270. The monoisotopic (exact) mass is 641 g/mol. The van der Waals surface area contributed by atoms with Crippen molar-refractivity contribution in [1.29, 1.82) is 0 Å². The summed E-state index contributed by atoms with van der Waals surface area (Å²) in [6, 6.07) is 23.7. The van der Waals surface area contributed by atoms with Crippen molar-refractivity contribution >= 4 is 17.4 Å². The number of unbranched alkanes of at least 4 members (excludes halogenated alkanes) is 1. The molecule has 3 aromatic rings. The maximum atomic E-state index is 14.2. The van der Waals surface area contributed by atoms with Crippen molar-refractivity contribution in [1.82, 2.24) is 10.2 Å². The number of ketones is 1. The SMILES string of the molecule is CC.CC.CC.CC.CCCCC(=O)c1ccc([C@H]2C[C@H]3[C@@H](N2)[C@H](c2ccccc2)[C@]2(C(=O)Nc4cc(C)c(C)cc42)N3CC)cc1. The number of Topliss-reactive ketones (excluding diaryl/α,β-unsaturated/α-hetero) is 1. The zero-order valence-electron chi connectivity index (χ0n) is 31.5. The first-order chi connectivity index (χ1) is 22.9. The fourth-order valence-electron chi connectivity index (χ4n) is 7.52. The van der Waals surface area contributed by atoms with Crippen LogP contribution in [0.3, 0.4) is 0 Å². The summed E-state index contributed by atoms with van der Waals surface area (Å²) in [5.41, 5.74) is 6.89. The average molecular weight is 642 g/mol. The van der Waals surface area contributed by atoms with Crippen molar-refractivity contribution in [2.45, 2.75) is 138 Å². The van der Waals surface area contributed by atoms with E-state index in [1.165, 1.54) is 22.3 Å². The number of likely N-dealkylation sites (tertiary alicyclic amines) is 1. The number of rotatable bonds is 7. The van der Waals surface area contributed by atoms with Gasteiger partial charge < -0.3 is 10.6 Å². The van der Waals surface area contributed by atoms with Gasteiger partial charge in [-0.3, -0.25) is 14.5 Å². The Kier molecular flexibility index (Phi) is 16.0. The van der Waals surface area contributed by atoms with E-state index in [0.29, 0.717) is 6.42 Å². The molecule has 0 unspecified atom stereocenters. The lowest BCUT2D eigenvalue weighted by Gasteiger charge is -2.40. The number of nitrogens with zero attached hydrogens (tertiary/aromatic N) is 1. The molecule has 258 valence electrons. The van der Waals surface area contributed by atoms with E-state index in [4.69, 9.17) is 0 Å². The molecular weight excluding hydrogens is 578 g/mol. The van der Waals surface area contributed by atoms with Gasteiger partial charge in [0.25, 0.3) is 0 Å². The van der Waals surface area contributed by atoms with Crippen LogP contribution in [0, 0.1) is 13.8 Å². The summed E-state index contributed by atoms with van der Waals surface area (Å²) in [4.78, 5) is 29.2. The minimum Gasteiger partial charge on any atom is -0.324 e. The first-order valence-electron chi connectivity index (χ1n) is 18.5. The Morgan fingerprint density at radius 3 is 2.00 bits per heavy atom. The van der Waals surface area contributed by atoms with Crippen molar-refractivity contribution in [3.05, 3.63) is 100 Å². The van der Waals surface area contributed by atoms with E-state index in [1.54, 1.807) is 0 Å². The zero-order chi connectivity index (χ0) is 35.3. The van der Waals surface area contributed by atoms with Crippen LogP contribution in [-0.2, 0) is 10.3 Å². The summed E-state index contributed by atoms with van der Waals surface area (Å²) in [6.07, 6.45) is 3.48. The number of nitrogens with one attached hydrogen (secondary N) is 2. The molecule has 1 spiro atoms. The number of fused-ring (bicyclic) bond motifs is 3. The Hall–Kier alpha value is -3.28. The Balaban J connectivity index is 0.000000894. The molecule has 3 aromatic carbocycles. The van der Waals surface area contributed by atoms with Crippen LogP contribution in [0.25, 0.3) is 0 Å². The number of likely N-dealkylation sites (N-methyl/N-ethyl adjacent to an activating group) is 1. The van der Waals surface area contributed by atoms with Crippen molar-refractivity contribution in [3.8, 4) is 0 Å². The Morgan fingerprint density at radius 1 is 0.830 bits per heavy atom. The Morgan fingerprint density at radius 2 is 1.43 bits per heavy atom. The first kappa shape index (κ1) is 39.9. The lowest BCUT2D eigenvalue weighted by Crippen LogP contribution is -2.52. The van der Waals surface area contributed by atoms with Gasteiger partial charge in [0, 0.05) is 47.3 Å². The van der Waals surface area contributed by atoms with Gasteiger partial charge in [-0.1, -0.05) is 136 Å². The second-order valence-corrected chi connectivity index (χ2v) is 11.6. The number of carbonyl (C=O) groups is 2. The van der Waals surface area contributed by atoms with Gasteiger partial charge in [-0.05, 0) is 61.6 Å². The van der Waals surface area contributed by atoms with Crippen molar-refractivity contribution in [2.24, 2.45) is 0 Å². The van der Waals surface area contributed by atoms with Gasteiger partial charge in [0.15, 0.2) is 5.78 Å². The number of hydrogen-bond acceptors (Lipinski definition) is 4. The Bertz CT molecular complexity index is 1400. The molecule has 3 heterocycles. The molecule has 5 heteroatoms. The van der Waals surface area contributed by atoms with Gasteiger partial charge in [0.2, 0.25) is 5.91 Å². The van der Waals surface area contributed by atoms with E-state index in [9.17, 15) is 9.59 Å². The van der Waals surface area contributed by atoms with Crippen LogP contribution in [0.2, 0.25) is 0 Å². The third-order valence-corrected chi connectivity index (χ3v) is 9.48. The normalized spacial score (nSPS) is 23.4. The van der Waals surface area contributed by atoms with Gasteiger partial charge in [-0.2, -0.15) is 0 Å². The highest BCUT2D eigenvalue weighted by Gasteiger charge is 2.68. The third-order valence-electron chi connectivity index (χ3n) is 9.48. The third kappa shape index (κ3) is 7.57. The van der Waals surface area contributed by atoms with Crippen LogP contribution in [0.4, 0.5) is 5.69 Å². The van der Waals surface area contributed by atoms with Gasteiger partial charge in [0.05, 0.1) is 0 Å². The molecule has 0 bridgehead atoms. The van der Waals surface area contributed by atoms with E-state index >= 15 is 0 Å². The quantitative estimate of drug-likeness (QED) is 0.252. The molecule has 3 aliphatic rings. The first-order valence-corrected chi connectivity index (χ1v) is 18.5. The van der Waals surface area contributed by atoms with E-state index in [-0.39, 0.29) is 35.7 Å². The van der Waals surface area contributed by atoms with Crippen molar-refractivity contribution in [3.63, 3.8) is 0 Å². The molecule has 3 aliphatic heterocycles. The highest BCUT2D eigenvalue weighted by atomic mass is 16.2. The number of carbonyl (C=O) groups excluding carboxylic acids is 2. The largest absolute Gasteiger partial charge is 0.324 e. The summed E-state index contributed by atoms with van der Waals surface area (Å²) in [5, 5.41) is 7.27. The van der Waals surface area contributed by atoms with Gasteiger partial charge in [-0.15, -0.1) is 0 Å². The van der Waals surface area contributed by atoms with Crippen LogP contribution in [0.5, 0.6) is 0 Å². The molecule has 6 rings (SSSR count). The number of aryl methyl sites for hydroxylation is 2. The van der Waals surface area contributed by atoms with Crippen LogP contribution >= 0.6 is 0 Å². The highest BCUT2D eigenvalue weighted by Crippen LogP contribution is 2.59. The van der Waals surface area contributed by atoms with Gasteiger partial charge >= 0.3 is 0 Å². The topological polar surface area (TPSA) is 61.4 Å². The predicted molar refractivity (Wildman–Crippen MR) is 202 cm³/mol. The van der Waals surface area contributed by atoms with Crippen molar-refractivity contribution in [2.75, 3.05) is 11.9 Å². The van der Waals surface area contributed by atoms with Gasteiger partial charge in [0.1, 0.15) is 5.54 Å². The van der Waals surface area contributed by atoms with Crippen LogP contribution in [-0.4, -0.2) is 35.2 Å². The molecule has 5 nitrogen and oxygen atoms in total. The zero-order valence-corrected chi connectivity index (χ0v) is 31.5. The smallest absolute Gasteiger partial charge is 0.250 e. The molecule has 2 saturated heterocycles. The van der Waals surface area contributed by atoms with E-state index in [0.717, 1.165) is 42.6 Å². The Labute approximate surface area is 286 Å². The summed E-state index contributed by atoms with van der Waals surface area (Å²) >= 11 is 0. The predicted octanol–water partition coefficient (Wildman–Crippen LogP) is 10.5. The molecule has 5 atom stereocenters. The lowest BCUT2D eigenvalue weighted by molar-refractivity contribution is -0.127. The van der Waals surface area contributed by atoms with E-state index in [1.807, 2.05) is 73.6 Å².